The van der Waals surface area contributed by atoms with Crippen molar-refractivity contribution in [2.75, 3.05) is 24.2 Å². The van der Waals surface area contributed by atoms with Crippen LogP contribution in [0.3, 0.4) is 0 Å². The summed E-state index contributed by atoms with van der Waals surface area (Å²) in [6.45, 7) is 5.96. The molecule has 0 heterocycles. The zero-order valence-corrected chi connectivity index (χ0v) is 16.3. The van der Waals surface area contributed by atoms with Crippen molar-refractivity contribution in [2.45, 2.75) is 26.8 Å². The molecule has 2 rings (SSSR count). The Kier molecular flexibility index (Phi) is 6.77. The molecule has 138 valence electrons. The number of nitrogens with one attached hydrogen (secondary N) is 3. The standard InChI is InChI=1S/C20H24ClN3O2/c1-13-7-5-10-18(14(13)2)23-19(25)12-24(4)15(3)20(26)22-17-9-6-8-16(21)11-17/h5-11,15H,12H2,1-4H3,(H,22,26)(H,23,25)/p+1/t15-/m0/s1. The van der Waals surface area contributed by atoms with Gasteiger partial charge in [0.15, 0.2) is 12.6 Å². The van der Waals surface area contributed by atoms with E-state index in [0.717, 1.165) is 21.7 Å². The topological polar surface area (TPSA) is 62.6 Å². The number of aryl methyl sites for hydroxylation is 1. The van der Waals surface area contributed by atoms with E-state index in [1.807, 2.05) is 39.1 Å². The summed E-state index contributed by atoms with van der Waals surface area (Å²) in [6.07, 6.45) is 0. The van der Waals surface area contributed by atoms with Gasteiger partial charge in [0.05, 0.1) is 7.05 Å². The van der Waals surface area contributed by atoms with Crippen molar-refractivity contribution in [1.29, 1.82) is 0 Å². The number of halogens is 1. The van der Waals surface area contributed by atoms with Crippen LogP contribution in [0, 0.1) is 13.8 Å². The molecule has 2 aromatic carbocycles. The number of hydrogen-bond acceptors (Lipinski definition) is 2. The molecule has 0 aliphatic rings. The molecule has 0 spiro atoms. The Hall–Kier alpha value is -2.37. The Morgan fingerprint density at radius 1 is 1.12 bits per heavy atom. The number of amides is 2. The summed E-state index contributed by atoms with van der Waals surface area (Å²) < 4.78 is 0. The maximum absolute atomic E-state index is 12.4. The Labute approximate surface area is 159 Å². The molecule has 0 saturated carbocycles. The third-order valence-electron chi connectivity index (χ3n) is 4.54. The summed E-state index contributed by atoms with van der Waals surface area (Å²) in [5.41, 5.74) is 3.61. The molecule has 6 heteroatoms. The van der Waals surface area contributed by atoms with Crippen LogP contribution in [0.25, 0.3) is 0 Å². The lowest BCUT2D eigenvalue weighted by molar-refractivity contribution is -0.885. The number of anilines is 2. The molecule has 2 amide bonds. The Morgan fingerprint density at radius 2 is 1.81 bits per heavy atom. The molecule has 0 aromatic heterocycles. The molecule has 26 heavy (non-hydrogen) atoms. The molecule has 0 radical (unpaired) electrons. The second kappa shape index (κ2) is 8.83. The number of carbonyl (C=O) groups excluding carboxylic acids is 2. The van der Waals surface area contributed by atoms with Gasteiger partial charge < -0.3 is 15.5 Å². The van der Waals surface area contributed by atoms with E-state index in [1.54, 1.807) is 31.2 Å². The van der Waals surface area contributed by atoms with Crippen molar-refractivity contribution in [3.05, 3.63) is 58.6 Å². The Morgan fingerprint density at radius 3 is 2.50 bits per heavy atom. The van der Waals surface area contributed by atoms with Gasteiger partial charge in [0.1, 0.15) is 0 Å². The zero-order chi connectivity index (χ0) is 19.3. The summed E-state index contributed by atoms with van der Waals surface area (Å²) in [5, 5.41) is 6.31. The number of hydrogen-bond donors (Lipinski definition) is 3. The molecular weight excluding hydrogens is 350 g/mol. The van der Waals surface area contributed by atoms with Gasteiger partial charge in [-0.15, -0.1) is 0 Å². The maximum Gasteiger partial charge on any atom is 0.282 e. The molecule has 5 nitrogen and oxygen atoms in total. The van der Waals surface area contributed by atoms with Crippen LogP contribution in [0.15, 0.2) is 42.5 Å². The minimum atomic E-state index is -0.390. The smallest absolute Gasteiger partial charge is 0.282 e. The van der Waals surface area contributed by atoms with E-state index in [1.165, 1.54) is 0 Å². The molecule has 0 fully saturated rings. The number of carbonyl (C=O) groups is 2. The predicted octanol–water partition coefficient (Wildman–Crippen LogP) is 2.44. The lowest BCUT2D eigenvalue weighted by Gasteiger charge is -2.21. The van der Waals surface area contributed by atoms with Gasteiger partial charge >= 0.3 is 0 Å². The highest BCUT2D eigenvalue weighted by Crippen LogP contribution is 2.17. The van der Waals surface area contributed by atoms with E-state index in [-0.39, 0.29) is 18.4 Å². The van der Waals surface area contributed by atoms with Gasteiger partial charge in [-0.1, -0.05) is 29.8 Å². The molecule has 0 aliphatic carbocycles. The second-order valence-electron chi connectivity index (χ2n) is 6.54. The number of likely N-dealkylation sites (N-methyl/N-ethyl adjacent to an activating group) is 1. The highest BCUT2D eigenvalue weighted by molar-refractivity contribution is 6.30. The van der Waals surface area contributed by atoms with Crippen LogP contribution in [0.5, 0.6) is 0 Å². The minimum Gasteiger partial charge on any atom is -0.321 e. The highest BCUT2D eigenvalue weighted by atomic mass is 35.5. The number of quaternary nitrogens is 1. The summed E-state index contributed by atoms with van der Waals surface area (Å²) in [4.78, 5) is 25.5. The Bertz CT molecular complexity index is 807. The fraction of sp³-hybridized carbons (Fsp3) is 0.300. The van der Waals surface area contributed by atoms with Crippen LogP contribution in [0.1, 0.15) is 18.1 Å². The monoisotopic (exact) mass is 374 g/mol. The summed E-state index contributed by atoms with van der Waals surface area (Å²) in [5.74, 6) is -0.289. The molecule has 3 N–H and O–H groups in total. The Balaban J connectivity index is 1.93. The molecule has 0 aliphatic heterocycles. The fourth-order valence-electron chi connectivity index (χ4n) is 2.53. The van der Waals surface area contributed by atoms with Crippen molar-refractivity contribution in [3.63, 3.8) is 0 Å². The molecule has 2 aromatic rings. The van der Waals surface area contributed by atoms with Crippen molar-refractivity contribution in [1.82, 2.24) is 0 Å². The first-order valence-corrected chi connectivity index (χ1v) is 8.90. The second-order valence-corrected chi connectivity index (χ2v) is 6.98. The summed E-state index contributed by atoms with van der Waals surface area (Å²) in [7, 11) is 1.82. The third-order valence-corrected chi connectivity index (χ3v) is 4.78. The maximum atomic E-state index is 12.4. The van der Waals surface area contributed by atoms with Gasteiger partial charge in [-0.2, -0.15) is 0 Å². The molecule has 2 atom stereocenters. The third kappa shape index (κ3) is 5.31. The van der Waals surface area contributed by atoms with E-state index in [4.69, 9.17) is 11.6 Å². The molecule has 0 bridgehead atoms. The van der Waals surface area contributed by atoms with Crippen molar-refractivity contribution >= 4 is 34.8 Å². The first-order chi connectivity index (χ1) is 12.3. The zero-order valence-electron chi connectivity index (χ0n) is 15.5. The average Bonchev–Trinajstić information content (AvgIpc) is 2.58. The van der Waals surface area contributed by atoms with Crippen molar-refractivity contribution in [2.24, 2.45) is 0 Å². The summed E-state index contributed by atoms with van der Waals surface area (Å²) >= 11 is 5.93. The first kappa shape index (κ1) is 19.9. The van der Waals surface area contributed by atoms with Gasteiger partial charge in [-0.25, -0.2) is 0 Å². The van der Waals surface area contributed by atoms with Gasteiger partial charge in [0, 0.05) is 16.4 Å². The van der Waals surface area contributed by atoms with Gasteiger partial charge in [0.25, 0.3) is 11.8 Å². The first-order valence-electron chi connectivity index (χ1n) is 8.52. The molecule has 1 unspecified atom stereocenters. The normalized spacial score (nSPS) is 13.0. The van der Waals surface area contributed by atoms with Crippen molar-refractivity contribution in [3.8, 4) is 0 Å². The van der Waals surface area contributed by atoms with E-state index in [9.17, 15) is 9.59 Å². The SMILES string of the molecule is Cc1cccc(NC(=O)C[NH+](C)[C@@H](C)C(=O)Nc2cccc(Cl)c2)c1C. The van der Waals surface area contributed by atoms with Gasteiger partial charge in [0.2, 0.25) is 0 Å². The van der Waals surface area contributed by atoms with Crippen LogP contribution >= 0.6 is 11.6 Å². The van der Waals surface area contributed by atoms with Crippen LogP contribution in [0.2, 0.25) is 5.02 Å². The van der Waals surface area contributed by atoms with E-state index >= 15 is 0 Å². The average molecular weight is 375 g/mol. The predicted molar refractivity (Wildman–Crippen MR) is 106 cm³/mol. The molecular formula is C20H25ClN3O2+. The fourth-order valence-corrected chi connectivity index (χ4v) is 2.72. The molecule has 0 saturated heterocycles. The van der Waals surface area contributed by atoms with Crippen molar-refractivity contribution < 1.29 is 14.5 Å². The quantitative estimate of drug-likeness (QED) is 0.727. The van der Waals surface area contributed by atoms with E-state index in [0.29, 0.717) is 10.7 Å². The highest BCUT2D eigenvalue weighted by Gasteiger charge is 2.24. The van der Waals surface area contributed by atoms with Crippen LogP contribution in [0.4, 0.5) is 11.4 Å². The van der Waals surface area contributed by atoms with Crippen LogP contribution in [-0.2, 0) is 9.59 Å². The minimum absolute atomic E-state index is 0.126. The summed E-state index contributed by atoms with van der Waals surface area (Å²) in [6, 6.07) is 12.4. The van der Waals surface area contributed by atoms with Gasteiger partial charge in [-0.3, -0.25) is 9.59 Å². The van der Waals surface area contributed by atoms with Crippen LogP contribution < -0.4 is 15.5 Å². The number of rotatable bonds is 6. The number of benzene rings is 2. The van der Waals surface area contributed by atoms with Crippen LogP contribution in [-0.4, -0.2) is 31.4 Å². The van der Waals surface area contributed by atoms with E-state index in [2.05, 4.69) is 10.6 Å². The van der Waals surface area contributed by atoms with Gasteiger partial charge in [-0.05, 0) is 56.2 Å². The van der Waals surface area contributed by atoms with E-state index < -0.39 is 6.04 Å². The lowest BCUT2D eigenvalue weighted by atomic mass is 10.1. The largest absolute Gasteiger partial charge is 0.321 e. The lowest BCUT2D eigenvalue weighted by Crippen LogP contribution is -3.14.